The third kappa shape index (κ3) is 3.06. The quantitative estimate of drug-likeness (QED) is 0.322. The summed E-state index contributed by atoms with van der Waals surface area (Å²) in [5.41, 5.74) is 0.175. The second kappa shape index (κ2) is 5.99. The van der Waals surface area contributed by atoms with Gasteiger partial charge in [-0.25, -0.2) is 5.06 Å². The number of hydrogen-bond acceptors (Lipinski definition) is 3. The summed E-state index contributed by atoms with van der Waals surface area (Å²) in [5.74, 6) is -0.540. The SMILES string of the molecule is C=C/C=C(O)\C(=C/C)C(=O)N(C)OC. The number of carbonyl (C=O) groups is 1. The van der Waals surface area contributed by atoms with Crippen LogP contribution in [-0.2, 0) is 9.63 Å². The Hall–Kier alpha value is -1.55. The van der Waals surface area contributed by atoms with Crippen LogP contribution in [0.4, 0.5) is 0 Å². The fourth-order valence-corrected chi connectivity index (χ4v) is 0.835. The normalized spacial score (nSPS) is 12.5. The first-order chi connectivity index (χ1) is 6.58. The molecule has 0 unspecified atom stereocenters. The number of allylic oxidation sites excluding steroid dienone is 3. The largest absolute Gasteiger partial charge is 0.507 e. The molecule has 0 aliphatic rings. The van der Waals surface area contributed by atoms with Crippen LogP contribution in [0.25, 0.3) is 0 Å². The highest BCUT2D eigenvalue weighted by Crippen LogP contribution is 2.10. The zero-order chi connectivity index (χ0) is 11.1. The van der Waals surface area contributed by atoms with Crippen LogP contribution in [0.1, 0.15) is 6.92 Å². The highest BCUT2D eigenvalue weighted by molar-refractivity contribution is 5.96. The van der Waals surface area contributed by atoms with Gasteiger partial charge in [0, 0.05) is 7.05 Å². The van der Waals surface area contributed by atoms with Gasteiger partial charge in [0.1, 0.15) is 5.76 Å². The average molecular weight is 197 g/mol. The first-order valence-corrected chi connectivity index (χ1v) is 4.09. The number of amides is 1. The number of nitrogens with zero attached hydrogens (tertiary/aromatic N) is 1. The maximum Gasteiger partial charge on any atom is 0.280 e. The van der Waals surface area contributed by atoms with Crippen LogP contribution in [0.2, 0.25) is 0 Å². The smallest absolute Gasteiger partial charge is 0.280 e. The van der Waals surface area contributed by atoms with Crippen LogP contribution in [-0.4, -0.2) is 30.2 Å². The van der Waals surface area contributed by atoms with E-state index >= 15 is 0 Å². The van der Waals surface area contributed by atoms with Gasteiger partial charge in [-0.2, -0.15) is 0 Å². The van der Waals surface area contributed by atoms with Gasteiger partial charge in [-0.15, -0.1) is 0 Å². The number of rotatable bonds is 4. The van der Waals surface area contributed by atoms with Crippen molar-refractivity contribution < 1.29 is 14.7 Å². The van der Waals surface area contributed by atoms with E-state index in [4.69, 9.17) is 4.84 Å². The molecule has 0 saturated carbocycles. The molecule has 0 rings (SSSR count). The molecular weight excluding hydrogens is 182 g/mol. The van der Waals surface area contributed by atoms with Crippen LogP contribution < -0.4 is 0 Å². The Balaban J connectivity index is 4.84. The summed E-state index contributed by atoms with van der Waals surface area (Å²) in [4.78, 5) is 16.2. The second-order valence-electron chi connectivity index (χ2n) is 2.48. The predicted molar refractivity (Wildman–Crippen MR) is 54.4 cm³/mol. The lowest BCUT2D eigenvalue weighted by atomic mass is 10.2. The third-order valence-electron chi connectivity index (χ3n) is 1.63. The summed E-state index contributed by atoms with van der Waals surface area (Å²) < 4.78 is 0. The average Bonchev–Trinajstić information content (AvgIpc) is 2.18. The lowest BCUT2D eigenvalue weighted by Crippen LogP contribution is -2.27. The van der Waals surface area contributed by atoms with E-state index in [1.807, 2.05) is 0 Å². The zero-order valence-electron chi connectivity index (χ0n) is 8.65. The molecule has 0 aromatic rings. The van der Waals surface area contributed by atoms with Crippen molar-refractivity contribution in [2.45, 2.75) is 6.92 Å². The molecule has 78 valence electrons. The third-order valence-corrected chi connectivity index (χ3v) is 1.63. The molecule has 0 atom stereocenters. The number of aliphatic hydroxyl groups excluding tert-OH is 1. The summed E-state index contributed by atoms with van der Waals surface area (Å²) >= 11 is 0. The fraction of sp³-hybridized carbons (Fsp3) is 0.300. The van der Waals surface area contributed by atoms with Gasteiger partial charge >= 0.3 is 0 Å². The summed E-state index contributed by atoms with van der Waals surface area (Å²) in [7, 11) is 2.84. The Labute approximate surface area is 83.7 Å². The van der Waals surface area contributed by atoms with Gasteiger partial charge in [0.2, 0.25) is 0 Å². The van der Waals surface area contributed by atoms with E-state index in [0.717, 1.165) is 5.06 Å². The van der Waals surface area contributed by atoms with Crippen molar-refractivity contribution >= 4 is 5.91 Å². The highest BCUT2D eigenvalue weighted by atomic mass is 16.7. The van der Waals surface area contributed by atoms with Crippen molar-refractivity contribution in [3.05, 3.63) is 36.1 Å². The molecule has 1 amide bonds. The van der Waals surface area contributed by atoms with E-state index in [-0.39, 0.29) is 11.3 Å². The standard InChI is InChI=1S/C10H15NO3/c1-5-7-9(12)8(6-2)10(13)11(3)14-4/h5-7,12H,1H2,2-4H3/b8-6+,9-7+. The van der Waals surface area contributed by atoms with E-state index in [2.05, 4.69) is 6.58 Å². The van der Waals surface area contributed by atoms with E-state index < -0.39 is 5.91 Å². The maximum absolute atomic E-state index is 11.5. The van der Waals surface area contributed by atoms with Crippen molar-refractivity contribution in [1.29, 1.82) is 0 Å². The molecule has 0 heterocycles. The molecule has 0 saturated heterocycles. The molecule has 0 radical (unpaired) electrons. The Bertz CT molecular complexity index is 279. The van der Waals surface area contributed by atoms with Gasteiger partial charge in [0.05, 0.1) is 12.7 Å². The summed E-state index contributed by atoms with van der Waals surface area (Å²) in [6.45, 7) is 5.08. The van der Waals surface area contributed by atoms with Crippen molar-refractivity contribution in [2.75, 3.05) is 14.2 Å². The minimum absolute atomic E-state index is 0.128. The molecule has 0 aromatic heterocycles. The van der Waals surface area contributed by atoms with Crippen molar-refractivity contribution in [3.63, 3.8) is 0 Å². The summed E-state index contributed by atoms with van der Waals surface area (Å²) in [6, 6.07) is 0. The molecule has 1 N–H and O–H groups in total. The molecule has 0 fully saturated rings. The monoisotopic (exact) mass is 197 g/mol. The first-order valence-electron chi connectivity index (χ1n) is 4.09. The lowest BCUT2D eigenvalue weighted by molar-refractivity contribution is -0.163. The Morgan fingerprint density at radius 1 is 1.57 bits per heavy atom. The van der Waals surface area contributed by atoms with E-state index in [9.17, 15) is 9.90 Å². The Morgan fingerprint density at radius 3 is 2.50 bits per heavy atom. The number of carbonyl (C=O) groups excluding carboxylic acids is 1. The minimum Gasteiger partial charge on any atom is -0.507 e. The Morgan fingerprint density at radius 2 is 2.14 bits per heavy atom. The summed E-state index contributed by atoms with van der Waals surface area (Å²) in [5, 5.41) is 10.5. The molecule has 0 aliphatic heterocycles. The van der Waals surface area contributed by atoms with Crippen LogP contribution in [0.3, 0.4) is 0 Å². The zero-order valence-corrected chi connectivity index (χ0v) is 8.65. The molecule has 14 heavy (non-hydrogen) atoms. The van der Waals surface area contributed by atoms with Crippen LogP contribution in [0.15, 0.2) is 36.1 Å². The van der Waals surface area contributed by atoms with Gasteiger partial charge in [0.15, 0.2) is 0 Å². The maximum atomic E-state index is 11.5. The molecule has 4 heteroatoms. The molecule has 0 aromatic carbocycles. The highest BCUT2D eigenvalue weighted by Gasteiger charge is 2.16. The van der Waals surface area contributed by atoms with E-state index in [1.165, 1.54) is 32.4 Å². The number of hydrogen-bond donors (Lipinski definition) is 1. The molecule has 0 bridgehead atoms. The Kier molecular flexibility index (Phi) is 5.33. The van der Waals surface area contributed by atoms with E-state index in [0.29, 0.717) is 0 Å². The molecule has 0 aliphatic carbocycles. The predicted octanol–water partition coefficient (Wildman–Crippen LogP) is 1.58. The van der Waals surface area contributed by atoms with Crippen LogP contribution in [0, 0.1) is 0 Å². The lowest BCUT2D eigenvalue weighted by Gasteiger charge is -2.15. The summed E-state index contributed by atoms with van der Waals surface area (Å²) in [6.07, 6.45) is 4.25. The molecule has 0 spiro atoms. The van der Waals surface area contributed by atoms with Gasteiger partial charge in [-0.1, -0.05) is 18.7 Å². The minimum atomic E-state index is -0.411. The second-order valence-corrected chi connectivity index (χ2v) is 2.48. The number of likely N-dealkylation sites (N-methyl/N-ethyl adjacent to an activating group) is 1. The van der Waals surface area contributed by atoms with Crippen molar-refractivity contribution in [1.82, 2.24) is 5.06 Å². The topological polar surface area (TPSA) is 49.8 Å². The van der Waals surface area contributed by atoms with Gasteiger partial charge in [-0.05, 0) is 13.0 Å². The molecular formula is C10H15NO3. The first kappa shape index (κ1) is 12.4. The van der Waals surface area contributed by atoms with E-state index in [1.54, 1.807) is 6.92 Å². The van der Waals surface area contributed by atoms with Gasteiger partial charge < -0.3 is 5.11 Å². The van der Waals surface area contributed by atoms with Crippen LogP contribution in [0.5, 0.6) is 0 Å². The van der Waals surface area contributed by atoms with Gasteiger partial charge in [-0.3, -0.25) is 9.63 Å². The number of aliphatic hydroxyl groups is 1. The van der Waals surface area contributed by atoms with Crippen LogP contribution >= 0.6 is 0 Å². The number of hydroxylamine groups is 2. The van der Waals surface area contributed by atoms with Crippen molar-refractivity contribution in [3.8, 4) is 0 Å². The van der Waals surface area contributed by atoms with Gasteiger partial charge in [0.25, 0.3) is 5.91 Å². The molecule has 4 nitrogen and oxygen atoms in total. The fourth-order valence-electron chi connectivity index (χ4n) is 0.835. The van der Waals surface area contributed by atoms with Crippen molar-refractivity contribution in [2.24, 2.45) is 0 Å².